The molecule has 1 fully saturated rings. The number of allylic oxidation sites excluding steroid dienone is 1. The molecule has 1 aromatic carbocycles. The van der Waals surface area contributed by atoms with E-state index < -0.39 is 8.15 Å². The second-order valence-corrected chi connectivity index (χ2v) is 5.25. The predicted octanol–water partition coefficient (Wildman–Crippen LogP) is 2.28. The molecule has 0 amide bonds. The molecule has 68 valence electrons. The fourth-order valence-electron chi connectivity index (χ4n) is 1.51. The second kappa shape index (κ2) is 3.61. The van der Waals surface area contributed by atoms with Crippen LogP contribution in [0.2, 0.25) is 0 Å². The van der Waals surface area contributed by atoms with Crippen molar-refractivity contribution in [1.82, 2.24) is 0 Å². The van der Waals surface area contributed by atoms with Crippen LogP contribution < -0.4 is 5.30 Å². The molecule has 0 bridgehead atoms. The molecule has 3 atom stereocenters. The van der Waals surface area contributed by atoms with Gasteiger partial charge in [-0.2, -0.15) is 0 Å². The zero-order valence-corrected chi connectivity index (χ0v) is 8.32. The second-order valence-electron chi connectivity index (χ2n) is 3.38. The normalized spacial score (nSPS) is 28.1. The van der Waals surface area contributed by atoms with E-state index in [-0.39, 0.29) is 0 Å². The van der Waals surface area contributed by atoms with Gasteiger partial charge >= 0.3 is 0 Å². The molecule has 3 unspecified atom stereocenters. The number of benzene rings is 1. The van der Waals surface area contributed by atoms with Crippen LogP contribution in [0.4, 0.5) is 0 Å². The van der Waals surface area contributed by atoms with E-state index in [1.807, 2.05) is 36.4 Å². The lowest BCUT2D eigenvalue weighted by atomic mass is 10.4. The topological polar surface area (TPSA) is 20.2 Å². The molecule has 1 aliphatic carbocycles. The predicted molar refractivity (Wildman–Crippen MR) is 57.3 cm³/mol. The molecule has 0 aliphatic heterocycles. The van der Waals surface area contributed by atoms with Gasteiger partial charge in [-0.3, -0.25) is 0 Å². The van der Waals surface area contributed by atoms with Crippen molar-refractivity contribution in [2.24, 2.45) is 5.92 Å². The average Bonchev–Trinajstić information content (AvgIpc) is 2.97. The summed E-state index contributed by atoms with van der Waals surface area (Å²) in [5.74, 6) is 0.552. The van der Waals surface area contributed by atoms with Gasteiger partial charge in [-0.05, 0) is 12.3 Å². The maximum atomic E-state index is 9.98. The van der Waals surface area contributed by atoms with Gasteiger partial charge in [0, 0.05) is 11.0 Å². The van der Waals surface area contributed by atoms with Crippen molar-refractivity contribution in [2.45, 2.75) is 12.1 Å². The molecule has 0 aromatic heterocycles. The Balaban J connectivity index is 2.07. The lowest BCUT2D eigenvalue weighted by Crippen LogP contribution is -2.02. The van der Waals surface area contributed by atoms with Crippen LogP contribution in [0.1, 0.15) is 6.42 Å². The van der Waals surface area contributed by atoms with E-state index >= 15 is 0 Å². The standard InChI is InChI=1S/C11H13OP/c1-2-9-8-11(9)13(12)10-6-4-3-5-7-10/h2-7,9,11-12H,1,8H2. The van der Waals surface area contributed by atoms with Crippen molar-refractivity contribution in [3.63, 3.8) is 0 Å². The summed E-state index contributed by atoms with van der Waals surface area (Å²) in [6.45, 7) is 3.75. The molecule has 13 heavy (non-hydrogen) atoms. The molecule has 2 rings (SSSR count). The van der Waals surface area contributed by atoms with Gasteiger partial charge in [-0.25, -0.2) is 0 Å². The average molecular weight is 192 g/mol. The SMILES string of the molecule is C=CC1CC1P(O)c1ccccc1. The monoisotopic (exact) mass is 192 g/mol. The van der Waals surface area contributed by atoms with E-state index in [0.29, 0.717) is 11.6 Å². The summed E-state index contributed by atoms with van der Waals surface area (Å²) in [6, 6.07) is 9.94. The quantitative estimate of drug-likeness (QED) is 0.575. The largest absolute Gasteiger partial charge is 0.369 e. The van der Waals surface area contributed by atoms with Crippen molar-refractivity contribution >= 4 is 13.5 Å². The van der Waals surface area contributed by atoms with Gasteiger partial charge in [0.25, 0.3) is 0 Å². The van der Waals surface area contributed by atoms with Crippen molar-refractivity contribution in [2.75, 3.05) is 0 Å². The third kappa shape index (κ3) is 1.82. The summed E-state index contributed by atoms with van der Waals surface area (Å²) in [5.41, 5.74) is 0.467. The van der Waals surface area contributed by atoms with Crippen LogP contribution in [0, 0.1) is 5.92 Å². The van der Waals surface area contributed by atoms with Crippen LogP contribution in [0.25, 0.3) is 0 Å². The van der Waals surface area contributed by atoms with Crippen LogP contribution in [-0.2, 0) is 0 Å². The van der Waals surface area contributed by atoms with E-state index in [0.717, 1.165) is 11.7 Å². The van der Waals surface area contributed by atoms with Gasteiger partial charge in [-0.1, -0.05) is 36.4 Å². The summed E-state index contributed by atoms with van der Waals surface area (Å²) >= 11 is 0. The maximum Gasteiger partial charge on any atom is 0.0601 e. The Kier molecular flexibility index (Phi) is 2.48. The highest BCUT2D eigenvalue weighted by Crippen LogP contribution is 2.54. The summed E-state index contributed by atoms with van der Waals surface area (Å²) in [6.07, 6.45) is 3.07. The Morgan fingerprint density at radius 1 is 1.38 bits per heavy atom. The van der Waals surface area contributed by atoms with Crippen molar-refractivity contribution in [1.29, 1.82) is 0 Å². The highest BCUT2D eigenvalue weighted by atomic mass is 31.1. The third-order valence-electron chi connectivity index (χ3n) is 2.44. The molecule has 2 heteroatoms. The van der Waals surface area contributed by atoms with Crippen molar-refractivity contribution < 1.29 is 4.89 Å². The Morgan fingerprint density at radius 3 is 2.62 bits per heavy atom. The molecule has 0 radical (unpaired) electrons. The molecule has 1 aromatic rings. The zero-order valence-electron chi connectivity index (χ0n) is 7.43. The van der Waals surface area contributed by atoms with Crippen molar-refractivity contribution in [3.8, 4) is 0 Å². The molecule has 1 aliphatic rings. The Hall–Kier alpha value is -0.650. The van der Waals surface area contributed by atoms with Crippen LogP contribution in [-0.4, -0.2) is 10.6 Å². The number of hydrogen-bond acceptors (Lipinski definition) is 1. The fourth-order valence-corrected chi connectivity index (χ4v) is 3.30. The first-order valence-electron chi connectivity index (χ1n) is 4.48. The first kappa shape index (κ1) is 8.93. The molecule has 1 saturated carbocycles. The fraction of sp³-hybridized carbons (Fsp3) is 0.273. The van der Waals surface area contributed by atoms with Gasteiger partial charge in [-0.15, -0.1) is 6.58 Å². The lowest BCUT2D eigenvalue weighted by Gasteiger charge is -2.08. The molecular weight excluding hydrogens is 179 g/mol. The van der Waals surface area contributed by atoms with Gasteiger partial charge in [0.15, 0.2) is 0 Å². The first-order chi connectivity index (χ1) is 6.33. The summed E-state index contributed by atoms with van der Waals surface area (Å²) in [5, 5.41) is 1.09. The molecular formula is C11H13OP. The Labute approximate surface area is 79.9 Å². The highest BCUT2D eigenvalue weighted by molar-refractivity contribution is 7.61. The van der Waals surface area contributed by atoms with E-state index in [4.69, 9.17) is 0 Å². The van der Waals surface area contributed by atoms with Gasteiger partial charge in [0.1, 0.15) is 0 Å². The zero-order chi connectivity index (χ0) is 9.26. The first-order valence-corrected chi connectivity index (χ1v) is 5.85. The van der Waals surface area contributed by atoms with E-state index in [9.17, 15) is 4.89 Å². The van der Waals surface area contributed by atoms with Crippen molar-refractivity contribution in [3.05, 3.63) is 43.0 Å². The summed E-state index contributed by atoms with van der Waals surface area (Å²) < 4.78 is 0. The van der Waals surface area contributed by atoms with Crippen LogP contribution in [0.3, 0.4) is 0 Å². The number of rotatable bonds is 3. The Bertz CT molecular complexity index is 296. The molecule has 0 heterocycles. The minimum atomic E-state index is -0.940. The number of hydrogen-bond donors (Lipinski definition) is 1. The molecule has 0 saturated heterocycles. The van der Waals surface area contributed by atoms with E-state index in [1.54, 1.807) is 0 Å². The summed E-state index contributed by atoms with van der Waals surface area (Å²) in [4.78, 5) is 9.98. The minimum absolute atomic E-state index is 0.467. The smallest absolute Gasteiger partial charge is 0.0601 e. The lowest BCUT2D eigenvalue weighted by molar-refractivity contribution is 0.631. The molecule has 1 N–H and O–H groups in total. The molecule has 0 spiro atoms. The summed E-state index contributed by atoms with van der Waals surface area (Å²) in [7, 11) is -0.940. The van der Waals surface area contributed by atoms with Gasteiger partial charge in [0.05, 0.1) is 8.15 Å². The van der Waals surface area contributed by atoms with E-state index in [2.05, 4.69) is 6.58 Å². The van der Waals surface area contributed by atoms with Gasteiger partial charge in [0.2, 0.25) is 0 Å². The van der Waals surface area contributed by atoms with Crippen LogP contribution in [0.15, 0.2) is 43.0 Å². The maximum absolute atomic E-state index is 9.98. The molecule has 1 nitrogen and oxygen atoms in total. The van der Waals surface area contributed by atoms with Gasteiger partial charge < -0.3 is 4.89 Å². The minimum Gasteiger partial charge on any atom is -0.369 e. The van der Waals surface area contributed by atoms with Crippen LogP contribution in [0.5, 0.6) is 0 Å². The highest BCUT2D eigenvalue weighted by Gasteiger charge is 2.41. The van der Waals surface area contributed by atoms with E-state index in [1.165, 1.54) is 0 Å². The van der Waals surface area contributed by atoms with Crippen LogP contribution >= 0.6 is 8.15 Å². The third-order valence-corrected chi connectivity index (χ3v) is 4.49. The Morgan fingerprint density at radius 2 is 2.08 bits per heavy atom.